The minimum Gasteiger partial charge on any atom is -0.493 e. The summed E-state index contributed by atoms with van der Waals surface area (Å²) in [5.41, 5.74) is 8.68. The monoisotopic (exact) mass is 350 g/mol. The Balaban J connectivity index is 1.97. The summed E-state index contributed by atoms with van der Waals surface area (Å²) >= 11 is 3.50. The molecule has 0 saturated carbocycles. The zero-order valence-electron chi connectivity index (χ0n) is 12.2. The fourth-order valence-corrected chi connectivity index (χ4v) is 2.59. The Kier molecular flexibility index (Phi) is 5.33. The van der Waals surface area contributed by atoms with Crippen LogP contribution < -0.4 is 20.5 Å². The van der Waals surface area contributed by atoms with E-state index in [1.165, 1.54) is 5.56 Å². The number of nitrogens with two attached hydrogens (primary N) is 1. The summed E-state index contributed by atoms with van der Waals surface area (Å²) < 4.78 is 11.5. The maximum Gasteiger partial charge on any atom is 0.160 e. The molecule has 0 atom stereocenters. The predicted octanol–water partition coefficient (Wildman–Crippen LogP) is 3.70. The van der Waals surface area contributed by atoms with Crippen LogP contribution in [0.25, 0.3) is 0 Å². The highest BCUT2D eigenvalue weighted by Crippen LogP contribution is 2.28. The van der Waals surface area contributed by atoms with E-state index in [9.17, 15) is 0 Å². The van der Waals surface area contributed by atoms with Crippen LogP contribution in [0.4, 0.5) is 11.4 Å². The second kappa shape index (κ2) is 7.22. The predicted molar refractivity (Wildman–Crippen MR) is 90.3 cm³/mol. The molecule has 4 nitrogen and oxygen atoms in total. The molecule has 0 bridgehead atoms. The van der Waals surface area contributed by atoms with E-state index in [1.54, 1.807) is 14.2 Å². The largest absolute Gasteiger partial charge is 0.493 e. The van der Waals surface area contributed by atoms with Crippen molar-refractivity contribution in [3.63, 3.8) is 0 Å². The Labute approximate surface area is 133 Å². The van der Waals surface area contributed by atoms with Crippen LogP contribution >= 0.6 is 15.9 Å². The van der Waals surface area contributed by atoms with Crippen LogP contribution in [0.1, 0.15) is 5.56 Å². The van der Waals surface area contributed by atoms with Gasteiger partial charge >= 0.3 is 0 Å². The maximum absolute atomic E-state index is 5.72. The fourth-order valence-electron chi connectivity index (χ4n) is 2.05. The van der Waals surface area contributed by atoms with Gasteiger partial charge in [-0.25, -0.2) is 0 Å². The number of halogens is 1. The van der Waals surface area contributed by atoms with E-state index >= 15 is 0 Å². The van der Waals surface area contributed by atoms with Crippen molar-refractivity contribution in [3.8, 4) is 11.5 Å². The second-order valence-electron chi connectivity index (χ2n) is 4.61. The van der Waals surface area contributed by atoms with Gasteiger partial charge in [-0.15, -0.1) is 0 Å². The molecule has 2 rings (SSSR count). The molecule has 112 valence electrons. The minimum atomic E-state index is 0.743. The quantitative estimate of drug-likeness (QED) is 0.779. The van der Waals surface area contributed by atoms with Gasteiger partial charge in [0.15, 0.2) is 11.5 Å². The maximum atomic E-state index is 5.72. The van der Waals surface area contributed by atoms with Crippen LogP contribution in [-0.2, 0) is 6.42 Å². The fraction of sp³-hybridized carbons (Fsp3) is 0.250. The summed E-state index contributed by atoms with van der Waals surface area (Å²) in [5.74, 6) is 1.50. The van der Waals surface area contributed by atoms with Gasteiger partial charge in [-0.05, 0) is 58.2 Å². The smallest absolute Gasteiger partial charge is 0.160 e. The molecule has 0 unspecified atom stereocenters. The summed E-state index contributed by atoms with van der Waals surface area (Å²) in [5, 5.41) is 3.38. The van der Waals surface area contributed by atoms with Crippen molar-refractivity contribution < 1.29 is 9.47 Å². The average Bonchev–Trinajstić information content (AvgIpc) is 2.49. The molecule has 21 heavy (non-hydrogen) atoms. The molecule has 5 heteroatoms. The lowest BCUT2D eigenvalue weighted by atomic mass is 10.1. The summed E-state index contributed by atoms with van der Waals surface area (Å²) in [7, 11) is 3.28. The molecule has 0 spiro atoms. The third-order valence-corrected chi connectivity index (χ3v) is 3.83. The molecule has 0 aliphatic carbocycles. The molecule has 0 aliphatic heterocycles. The third-order valence-electron chi connectivity index (χ3n) is 3.17. The van der Waals surface area contributed by atoms with E-state index < -0.39 is 0 Å². The number of ether oxygens (including phenoxy) is 2. The van der Waals surface area contributed by atoms with Crippen LogP contribution in [0.15, 0.2) is 40.9 Å². The van der Waals surface area contributed by atoms with Gasteiger partial charge in [-0.2, -0.15) is 0 Å². The first-order valence-electron chi connectivity index (χ1n) is 6.64. The first-order chi connectivity index (χ1) is 10.1. The van der Waals surface area contributed by atoms with Crippen LogP contribution in [0.3, 0.4) is 0 Å². The molecule has 0 fully saturated rings. The van der Waals surface area contributed by atoms with Gasteiger partial charge in [0, 0.05) is 22.4 Å². The van der Waals surface area contributed by atoms with E-state index in [4.69, 9.17) is 15.2 Å². The SMILES string of the molecule is COc1ccc(CCNc2ccc(N)cc2Br)cc1OC. The Morgan fingerprint density at radius 2 is 1.81 bits per heavy atom. The lowest BCUT2D eigenvalue weighted by molar-refractivity contribution is 0.354. The van der Waals surface area contributed by atoms with Crippen molar-refractivity contribution in [3.05, 3.63) is 46.4 Å². The Morgan fingerprint density at radius 3 is 2.48 bits per heavy atom. The molecule has 2 aromatic rings. The van der Waals surface area contributed by atoms with E-state index in [0.29, 0.717) is 0 Å². The summed E-state index contributed by atoms with van der Waals surface area (Å²) in [6.45, 7) is 0.817. The minimum absolute atomic E-state index is 0.743. The topological polar surface area (TPSA) is 56.5 Å². The first kappa shape index (κ1) is 15.5. The first-order valence-corrected chi connectivity index (χ1v) is 7.43. The van der Waals surface area contributed by atoms with Crippen LogP contribution in [0.5, 0.6) is 11.5 Å². The standard InChI is InChI=1S/C16H19BrN2O2/c1-20-15-6-3-11(9-16(15)21-2)7-8-19-14-5-4-12(18)10-13(14)17/h3-6,9-10,19H,7-8,18H2,1-2H3. The molecule has 0 aliphatic rings. The van der Waals surface area contributed by atoms with Gasteiger partial charge in [0.05, 0.1) is 14.2 Å². The highest BCUT2D eigenvalue weighted by atomic mass is 79.9. The highest BCUT2D eigenvalue weighted by molar-refractivity contribution is 9.10. The van der Waals surface area contributed by atoms with Gasteiger partial charge in [-0.1, -0.05) is 6.07 Å². The lowest BCUT2D eigenvalue weighted by Gasteiger charge is -2.11. The van der Waals surface area contributed by atoms with Crippen LogP contribution in [-0.4, -0.2) is 20.8 Å². The number of hydrogen-bond acceptors (Lipinski definition) is 4. The lowest BCUT2D eigenvalue weighted by Crippen LogP contribution is -2.06. The van der Waals surface area contributed by atoms with Gasteiger partial charge in [0.1, 0.15) is 0 Å². The highest BCUT2D eigenvalue weighted by Gasteiger charge is 2.05. The summed E-state index contributed by atoms with van der Waals surface area (Å²) in [6.07, 6.45) is 0.886. The molecule has 3 N–H and O–H groups in total. The van der Waals surface area contributed by atoms with Crippen molar-refractivity contribution in [1.29, 1.82) is 0 Å². The van der Waals surface area contributed by atoms with Crippen LogP contribution in [0, 0.1) is 0 Å². The molecule has 0 aromatic heterocycles. The van der Waals surface area contributed by atoms with E-state index in [-0.39, 0.29) is 0 Å². The molecule has 2 aromatic carbocycles. The molecule has 0 saturated heterocycles. The van der Waals surface area contributed by atoms with E-state index in [1.807, 2.05) is 36.4 Å². The number of methoxy groups -OCH3 is 2. The normalized spacial score (nSPS) is 10.2. The second-order valence-corrected chi connectivity index (χ2v) is 5.46. The van der Waals surface area contributed by atoms with Crippen molar-refractivity contribution in [2.45, 2.75) is 6.42 Å². The van der Waals surface area contributed by atoms with Gasteiger partial charge in [-0.3, -0.25) is 0 Å². The number of nitrogen functional groups attached to an aromatic ring is 1. The number of nitrogens with one attached hydrogen (secondary N) is 1. The Bertz CT molecular complexity index is 617. The number of anilines is 2. The Hall–Kier alpha value is -1.88. The summed E-state index contributed by atoms with van der Waals surface area (Å²) in [6, 6.07) is 11.7. The zero-order valence-corrected chi connectivity index (χ0v) is 13.7. The van der Waals surface area contributed by atoms with Crippen molar-refractivity contribution in [1.82, 2.24) is 0 Å². The van der Waals surface area contributed by atoms with E-state index in [2.05, 4.69) is 21.2 Å². The van der Waals surface area contributed by atoms with Crippen molar-refractivity contribution >= 4 is 27.3 Å². The molecular weight excluding hydrogens is 332 g/mol. The van der Waals surface area contributed by atoms with E-state index in [0.717, 1.165) is 40.3 Å². The average molecular weight is 351 g/mol. The molecule has 0 radical (unpaired) electrons. The van der Waals surface area contributed by atoms with Gasteiger partial charge in [0.2, 0.25) is 0 Å². The molecule has 0 heterocycles. The number of hydrogen-bond donors (Lipinski definition) is 2. The third kappa shape index (κ3) is 4.04. The van der Waals surface area contributed by atoms with Gasteiger partial charge < -0.3 is 20.5 Å². The zero-order chi connectivity index (χ0) is 15.2. The van der Waals surface area contributed by atoms with Gasteiger partial charge in [0.25, 0.3) is 0 Å². The number of benzene rings is 2. The Morgan fingerprint density at radius 1 is 1.05 bits per heavy atom. The van der Waals surface area contributed by atoms with Crippen LogP contribution in [0.2, 0.25) is 0 Å². The van der Waals surface area contributed by atoms with Crippen molar-refractivity contribution in [2.75, 3.05) is 31.8 Å². The van der Waals surface area contributed by atoms with Crippen molar-refractivity contribution in [2.24, 2.45) is 0 Å². The molecular formula is C16H19BrN2O2. The molecule has 0 amide bonds. The summed E-state index contributed by atoms with van der Waals surface area (Å²) in [4.78, 5) is 0. The number of rotatable bonds is 6.